The third-order valence-electron chi connectivity index (χ3n) is 4.15. The predicted molar refractivity (Wildman–Crippen MR) is 56.7 cm³/mol. The van der Waals surface area contributed by atoms with E-state index in [0.717, 1.165) is 17.9 Å². The monoisotopic (exact) mass is 181 g/mol. The Balaban J connectivity index is 1.80. The number of rotatable bonds is 2. The third kappa shape index (κ3) is 1.76. The summed E-state index contributed by atoms with van der Waals surface area (Å²) in [4.78, 5) is 0. The van der Waals surface area contributed by atoms with Crippen LogP contribution in [0.3, 0.4) is 0 Å². The van der Waals surface area contributed by atoms with E-state index >= 15 is 0 Å². The Bertz CT molecular complexity index is 182. The number of nitrogens with one attached hydrogen (secondary N) is 1. The fourth-order valence-corrected chi connectivity index (χ4v) is 2.61. The van der Waals surface area contributed by atoms with Gasteiger partial charge in [0.1, 0.15) is 0 Å². The van der Waals surface area contributed by atoms with Gasteiger partial charge in [0.15, 0.2) is 0 Å². The molecule has 0 aromatic rings. The van der Waals surface area contributed by atoms with E-state index in [4.69, 9.17) is 0 Å². The van der Waals surface area contributed by atoms with Gasteiger partial charge in [0, 0.05) is 12.1 Å². The second kappa shape index (κ2) is 2.98. The highest BCUT2D eigenvalue weighted by Crippen LogP contribution is 2.52. The first-order chi connectivity index (χ1) is 6.00. The second-order valence-electron chi connectivity index (χ2n) is 6.04. The molecule has 1 nitrogen and oxygen atoms in total. The van der Waals surface area contributed by atoms with Crippen LogP contribution in [0.2, 0.25) is 0 Å². The normalized spacial score (nSPS) is 40.2. The molecule has 0 radical (unpaired) electrons. The van der Waals surface area contributed by atoms with E-state index in [-0.39, 0.29) is 0 Å². The molecule has 13 heavy (non-hydrogen) atoms. The standard InChI is InChI=1S/C12H23N/c1-8(12(2,3)4)13-11-9-6-5-7-10(9)11/h8-11,13H,5-7H2,1-4H3. The van der Waals surface area contributed by atoms with Gasteiger partial charge in [-0.25, -0.2) is 0 Å². The zero-order chi connectivity index (χ0) is 9.64. The highest BCUT2D eigenvalue weighted by atomic mass is 15.0. The van der Waals surface area contributed by atoms with Crippen molar-refractivity contribution in [1.82, 2.24) is 5.32 Å². The molecule has 0 aliphatic heterocycles. The molecule has 76 valence electrons. The van der Waals surface area contributed by atoms with Crippen molar-refractivity contribution in [1.29, 1.82) is 0 Å². The number of hydrogen-bond acceptors (Lipinski definition) is 1. The number of fused-ring (bicyclic) bond motifs is 1. The Morgan fingerprint density at radius 3 is 2.15 bits per heavy atom. The zero-order valence-electron chi connectivity index (χ0n) is 9.43. The molecule has 3 atom stereocenters. The van der Waals surface area contributed by atoms with Gasteiger partial charge in [-0.2, -0.15) is 0 Å². The summed E-state index contributed by atoms with van der Waals surface area (Å²) in [6.45, 7) is 9.29. The van der Waals surface area contributed by atoms with Crippen LogP contribution < -0.4 is 5.32 Å². The van der Waals surface area contributed by atoms with Crippen molar-refractivity contribution in [2.24, 2.45) is 17.3 Å². The maximum atomic E-state index is 3.80. The summed E-state index contributed by atoms with van der Waals surface area (Å²) < 4.78 is 0. The van der Waals surface area contributed by atoms with Crippen molar-refractivity contribution < 1.29 is 0 Å². The molecule has 2 rings (SSSR count). The first-order valence-electron chi connectivity index (χ1n) is 5.76. The fraction of sp³-hybridized carbons (Fsp3) is 1.00. The molecule has 0 bridgehead atoms. The molecule has 2 saturated carbocycles. The summed E-state index contributed by atoms with van der Waals surface area (Å²) >= 11 is 0. The molecular weight excluding hydrogens is 158 g/mol. The molecule has 0 spiro atoms. The van der Waals surface area contributed by atoms with E-state index in [0.29, 0.717) is 11.5 Å². The quantitative estimate of drug-likeness (QED) is 0.690. The van der Waals surface area contributed by atoms with Gasteiger partial charge in [-0.3, -0.25) is 0 Å². The fourth-order valence-electron chi connectivity index (χ4n) is 2.61. The van der Waals surface area contributed by atoms with Crippen LogP contribution in [0.1, 0.15) is 47.0 Å². The molecule has 3 unspecified atom stereocenters. The molecule has 0 amide bonds. The van der Waals surface area contributed by atoms with Gasteiger partial charge < -0.3 is 5.32 Å². The van der Waals surface area contributed by atoms with Gasteiger partial charge in [0.05, 0.1) is 0 Å². The van der Waals surface area contributed by atoms with Crippen molar-refractivity contribution in [3.8, 4) is 0 Å². The lowest BCUT2D eigenvalue weighted by atomic mass is 9.88. The maximum absolute atomic E-state index is 3.80. The van der Waals surface area contributed by atoms with Crippen molar-refractivity contribution >= 4 is 0 Å². The summed E-state index contributed by atoms with van der Waals surface area (Å²) in [6.07, 6.45) is 4.45. The molecule has 0 heterocycles. The molecule has 2 aliphatic rings. The van der Waals surface area contributed by atoms with Crippen LogP contribution in [-0.4, -0.2) is 12.1 Å². The molecule has 0 aromatic carbocycles. The summed E-state index contributed by atoms with van der Waals surface area (Å²) in [5.74, 6) is 2.09. The zero-order valence-corrected chi connectivity index (χ0v) is 9.43. The second-order valence-corrected chi connectivity index (χ2v) is 6.04. The summed E-state index contributed by atoms with van der Waals surface area (Å²) in [5.41, 5.74) is 0.414. The Morgan fingerprint density at radius 1 is 1.15 bits per heavy atom. The van der Waals surface area contributed by atoms with Crippen molar-refractivity contribution in [3.63, 3.8) is 0 Å². The van der Waals surface area contributed by atoms with Gasteiger partial charge in [-0.05, 0) is 37.0 Å². The summed E-state index contributed by atoms with van der Waals surface area (Å²) in [7, 11) is 0. The molecule has 0 saturated heterocycles. The molecular formula is C12H23N. The third-order valence-corrected chi connectivity index (χ3v) is 4.15. The largest absolute Gasteiger partial charge is 0.310 e. The minimum absolute atomic E-state index is 0.414. The van der Waals surface area contributed by atoms with Crippen molar-refractivity contribution in [2.45, 2.75) is 59.0 Å². The average Bonchev–Trinajstić information content (AvgIpc) is 2.47. The topological polar surface area (TPSA) is 12.0 Å². The van der Waals surface area contributed by atoms with Crippen LogP contribution >= 0.6 is 0 Å². The highest BCUT2D eigenvalue weighted by Gasteiger charge is 2.53. The lowest BCUT2D eigenvalue weighted by Gasteiger charge is -2.29. The SMILES string of the molecule is CC(NC1C2CCCC21)C(C)(C)C. The van der Waals surface area contributed by atoms with Gasteiger partial charge in [0.25, 0.3) is 0 Å². The number of hydrogen-bond donors (Lipinski definition) is 1. The minimum Gasteiger partial charge on any atom is -0.310 e. The Morgan fingerprint density at radius 2 is 1.69 bits per heavy atom. The Hall–Kier alpha value is -0.0400. The van der Waals surface area contributed by atoms with Crippen LogP contribution in [0.15, 0.2) is 0 Å². The van der Waals surface area contributed by atoms with E-state index in [9.17, 15) is 0 Å². The van der Waals surface area contributed by atoms with Crippen LogP contribution in [-0.2, 0) is 0 Å². The van der Waals surface area contributed by atoms with Crippen LogP contribution in [0.25, 0.3) is 0 Å². The van der Waals surface area contributed by atoms with Gasteiger partial charge >= 0.3 is 0 Å². The smallest absolute Gasteiger partial charge is 0.0133 e. The van der Waals surface area contributed by atoms with Gasteiger partial charge in [-0.15, -0.1) is 0 Å². The first kappa shape index (κ1) is 9.51. The van der Waals surface area contributed by atoms with E-state index in [1.165, 1.54) is 19.3 Å². The van der Waals surface area contributed by atoms with Crippen molar-refractivity contribution in [2.75, 3.05) is 0 Å². The summed E-state index contributed by atoms with van der Waals surface area (Å²) in [5, 5.41) is 3.80. The maximum Gasteiger partial charge on any atom is 0.0133 e. The minimum atomic E-state index is 0.414. The Kier molecular flexibility index (Phi) is 2.18. The Labute approximate surface area is 82.3 Å². The molecule has 1 heteroatoms. The van der Waals surface area contributed by atoms with Crippen LogP contribution in [0.5, 0.6) is 0 Å². The van der Waals surface area contributed by atoms with Crippen LogP contribution in [0.4, 0.5) is 0 Å². The lowest BCUT2D eigenvalue weighted by molar-refractivity contribution is 0.275. The predicted octanol–water partition coefficient (Wildman–Crippen LogP) is 2.81. The molecule has 2 fully saturated rings. The summed E-state index contributed by atoms with van der Waals surface area (Å²) in [6, 6.07) is 1.53. The molecule has 0 aromatic heterocycles. The molecule has 2 aliphatic carbocycles. The highest BCUT2D eigenvalue weighted by molar-refractivity contribution is 5.07. The molecule has 1 N–H and O–H groups in total. The van der Waals surface area contributed by atoms with Crippen LogP contribution in [0, 0.1) is 17.3 Å². The first-order valence-corrected chi connectivity index (χ1v) is 5.76. The van der Waals surface area contributed by atoms with Gasteiger partial charge in [0.2, 0.25) is 0 Å². The van der Waals surface area contributed by atoms with E-state index in [1.54, 1.807) is 0 Å². The van der Waals surface area contributed by atoms with E-state index in [2.05, 4.69) is 33.0 Å². The van der Waals surface area contributed by atoms with E-state index in [1.807, 2.05) is 0 Å². The lowest BCUT2D eigenvalue weighted by Crippen LogP contribution is -2.40. The van der Waals surface area contributed by atoms with Crippen molar-refractivity contribution in [3.05, 3.63) is 0 Å². The van der Waals surface area contributed by atoms with Gasteiger partial charge in [-0.1, -0.05) is 27.2 Å². The van der Waals surface area contributed by atoms with E-state index < -0.39 is 0 Å². The average molecular weight is 181 g/mol.